The fourth-order valence-electron chi connectivity index (χ4n) is 3.89. The SMILES string of the molecule is CCCc1nc(-c2ccc3c(c2)N(C(C)C(=O)Nc2ccccc2C(F)(F)F)C(=O)C(C)O3)cs1. The number of aryl methyl sites for hydroxylation is 1. The number of amides is 2. The van der Waals surface area contributed by atoms with Gasteiger partial charge in [0.15, 0.2) is 6.10 Å². The molecular formula is C25H24F3N3O3S. The third kappa shape index (κ3) is 5.02. The van der Waals surface area contributed by atoms with Crippen LogP contribution >= 0.6 is 11.3 Å². The summed E-state index contributed by atoms with van der Waals surface area (Å²) < 4.78 is 45.9. The highest BCUT2D eigenvalue weighted by Gasteiger charge is 2.39. The molecule has 2 unspecified atom stereocenters. The number of alkyl halides is 3. The molecule has 1 aliphatic rings. The van der Waals surface area contributed by atoms with Crippen LogP contribution in [0, 0.1) is 0 Å². The number of hydrogen-bond acceptors (Lipinski definition) is 5. The fourth-order valence-corrected chi connectivity index (χ4v) is 4.79. The maximum Gasteiger partial charge on any atom is 0.418 e. The number of rotatable bonds is 6. The van der Waals surface area contributed by atoms with Crippen molar-refractivity contribution in [2.24, 2.45) is 0 Å². The van der Waals surface area contributed by atoms with E-state index in [4.69, 9.17) is 4.74 Å². The molecule has 0 saturated carbocycles. The first-order chi connectivity index (χ1) is 16.6. The maximum absolute atomic E-state index is 13.4. The van der Waals surface area contributed by atoms with Gasteiger partial charge in [-0.25, -0.2) is 4.98 Å². The highest BCUT2D eigenvalue weighted by atomic mass is 32.1. The van der Waals surface area contributed by atoms with Gasteiger partial charge in [-0.2, -0.15) is 13.2 Å². The predicted octanol–water partition coefficient (Wildman–Crippen LogP) is 5.92. The third-order valence-corrected chi connectivity index (χ3v) is 6.58. The Bertz CT molecular complexity index is 1260. The van der Waals surface area contributed by atoms with Gasteiger partial charge in [-0.3, -0.25) is 14.5 Å². The highest BCUT2D eigenvalue weighted by molar-refractivity contribution is 7.09. The number of thiazole rings is 1. The van der Waals surface area contributed by atoms with Gasteiger partial charge in [0.25, 0.3) is 5.91 Å². The third-order valence-electron chi connectivity index (χ3n) is 5.68. The van der Waals surface area contributed by atoms with Gasteiger partial charge in [0.05, 0.1) is 27.6 Å². The number of nitrogens with one attached hydrogen (secondary N) is 1. The van der Waals surface area contributed by atoms with Crippen molar-refractivity contribution in [1.29, 1.82) is 0 Å². The number of hydrogen-bond donors (Lipinski definition) is 1. The van der Waals surface area contributed by atoms with Crippen LogP contribution < -0.4 is 15.0 Å². The summed E-state index contributed by atoms with van der Waals surface area (Å²) in [5.41, 5.74) is 0.515. The van der Waals surface area contributed by atoms with Crippen molar-refractivity contribution in [2.45, 2.75) is 51.9 Å². The van der Waals surface area contributed by atoms with Crippen molar-refractivity contribution in [2.75, 3.05) is 10.2 Å². The number of anilines is 2. The van der Waals surface area contributed by atoms with Gasteiger partial charge >= 0.3 is 6.18 Å². The minimum atomic E-state index is -4.64. The molecule has 0 aliphatic carbocycles. The first-order valence-electron chi connectivity index (χ1n) is 11.2. The van der Waals surface area contributed by atoms with Crippen LogP contribution in [0.3, 0.4) is 0 Å². The van der Waals surface area contributed by atoms with E-state index in [9.17, 15) is 22.8 Å². The smallest absolute Gasteiger partial charge is 0.418 e. The van der Waals surface area contributed by atoms with Gasteiger partial charge in [-0.05, 0) is 57.0 Å². The topological polar surface area (TPSA) is 71.5 Å². The molecule has 0 fully saturated rings. The van der Waals surface area contributed by atoms with Gasteiger partial charge < -0.3 is 10.1 Å². The molecule has 2 amide bonds. The average Bonchev–Trinajstić information content (AvgIpc) is 3.28. The Labute approximate surface area is 204 Å². The summed E-state index contributed by atoms with van der Waals surface area (Å²) >= 11 is 1.54. The molecular weight excluding hydrogens is 479 g/mol. The molecule has 2 atom stereocenters. The molecule has 35 heavy (non-hydrogen) atoms. The van der Waals surface area contributed by atoms with E-state index in [2.05, 4.69) is 17.2 Å². The molecule has 4 rings (SSSR count). The average molecular weight is 504 g/mol. The fraction of sp³-hybridized carbons (Fsp3) is 0.320. The van der Waals surface area contributed by atoms with E-state index >= 15 is 0 Å². The van der Waals surface area contributed by atoms with Crippen LogP contribution in [0.4, 0.5) is 24.5 Å². The Balaban J connectivity index is 1.67. The van der Waals surface area contributed by atoms with E-state index in [1.165, 1.54) is 30.0 Å². The van der Waals surface area contributed by atoms with E-state index in [0.29, 0.717) is 11.4 Å². The maximum atomic E-state index is 13.4. The lowest BCUT2D eigenvalue weighted by Crippen LogP contribution is -2.52. The highest BCUT2D eigenvalue weighted by Crippen LogP contribution is 2.39. The number of aromatic nitrogens is 1. The number of benzene rings is 2. The lowest BCUT2D eigenvalue weighted by molar-refractivity contribution is -0.137. The van der Waals surface area contributed by atoms with Crippen LogP contribution in [0.5, 0.6) is 5.75 Å². The summed E-state index contributed by atoms with van der Waals surface area (Å²) in [6.07, 6.45) is -3.67. The quantitative estimate of drug-likeness (QED) is 0.453. The molecule has 6 nitrogen and oxygen atoms in total. The molecule has 2 aromatic carbocycles. The van der Waals surface area contributed by atoms with Crippen molar-refractivity contribution in [3.8, 4) is 17.0 Å². The zero-order valence-electron chi connectivity index (χ0n) is 19.3. The molecule has 0 radical (unpaired) electrons. The van der Waals surface area contributed by atoms with Gasteiger partial charge in [-0.15, -0.1) is 11.3 Å². The van der Waals surface area contributed by atoms with Crippen LogP contribution in [-0.4, -0.2) is 28.9 Å². The summed E-state index contributed by atoms with van der Waals surface area (Å²) in [5, 5.41) is 5.26. The number of carbonyl (C=O) groups is 2. The molecule has 0 bridgehead atoms. The Morgan fingerprint density at radius 1 is 1.26 bits per heavy atom. The van der Waals surface area contributed by atoms with Crippen molar-refractivity contribution in [3.63, 3.8) is 0 Å². The first-order valence-corrected chi connectivity index (χ1v) is 12.0. The number of para-hydroxylation sites is 1. The van der Waals surface area contributed by atoms with Crippen molar-refractivity contribution < 1.29 is 27.5 Å². The number of fused-ring (bicyclic) bond motifs is 1. The molecule has 1 N–H and O–H groups in total. The van der Waals surface area contributed by atoms with Crippen LogP contribution in [0.25, 0.3) is 11.3 Å². The van der Waals surface area contributed by atoms with Crippen molar-refractivity contribution >= 4 is 34.5 Å². The first kappa shape index (κ1) is 24.7. The van der Waals surface area contributed by atoms with Gasteiger partial charge in [0.2, 0.25) is 5.91 Å². The lowest BCUT2D eigenvalue weighted by Gasteiger charge is -2.36. The zero-order valence-corrected chi connectivity index (χ0v) is 20.2. The Hall–Kier alpha value is -3.40. The Morgan fingerprint density at radius 2 is 2.00 bits per heavy atom. The number of ether oxygens (including phenoxy) is 1. The molecule has 0 spiro atoms. The summed E-state index contributed by atoms with van der Waals surface area (Å²) in [6, 6.07) is 8.88. The normalized spacial score (nSPS) is 16.5. The van der Waals surface area contributed by atoms with Gasteiger partial charge in [0, 0.05) is 10.9 Å². The molecule has 1 aromatic heterocycles. The van der Waals surface area contributed by atoms with E-state index in [1.54, 1.807) is 30.4 Å². The molecule has 2 heterocycles. The minimum absolute atomic E-state index is 0.363. The van der Waals surface area contributed by atoms with Crippen LogP contribution in [-0.2, 0) is 22.2 Å². The van der Waals surface area contributed by atoms with Crippen LogP contribution in [0.2, 0.25) is 0 Å². The molecule has 3 aromatic rings. The van der Waals surface area contributed by atoms with Crippen molar-refractivity contribution in [1.82, 2.24) is 4.98 Å². The van der Waals surface area contributed by atoms with Crippen LogP contribution in [0.1, 0.15) is 37.8 Å². The molecule has 1 aliphatic heterocycles. The summed E-state index contributed by atoms with van der Waals surface area (Å²) in [5.74, 6) is -0.814. The summed E-state index contributed by atoms with van der Waals surface area (Å²) in [6.45, 7) is 5.11. The van der Waals surface area contributed by atoms with E-state index in [1.807, 2.05) is 11.4 Å². The Kier molecular flexibility index (Phi) is 6.84. The second-order valence-corrected chi connectivity index (χ2v) is 9.18. The van der Waals surface area contributed by atoms with Gasteiger partial charge in [0.1, 0.15) is 11.8 Å². The largest absolute Gasteiger partial charge is 0.479 e. The standard InChI is InChI=1S/C25H24F3N3O3S/c1-4-7-22-29-19(13-35-22)16-10-11-21-20(12-16)31(24(33)15(3)34-21)14(2)23(32)30-18-9-6-5-8-17(18)25(26,27)28/h5-6,8-15H,4,7H2,1-3H3,(H,30,32). The van der Waals surface area contributed by atoms with E-state index in [-0.39, 0.29) is 5.69 Å². The number of halogens is 3. The number of carbonyl (C=O) groups excluding carboxylic acids is 2. The zero-order chi connectivity index (χ0) is 25.3. The van der Waals surface area contributed by atoms with E-state index < -0.39 is 35.7 Å². The molecule has 0 saturated heterocycles. The second-order valence-electron chi connectivity index (χ2n) is 8.24. The predicted molar refractivity (Wildman–Crippen MR) is 129 cm³/mol. The summed E-state index contributed by atoms with van der Waals surface area (Å²) in [4.78, 5) is 32.0. The second kappa shape index (κ2) is 9.69. The minimum Gasteiger partial charge on any atom is -0.479 e. The lowest BCUT2D eigenvalue weighted by atomic mass is 10.1. The molecule has 10 heteroatoms. The monoisotopic (exact) mass is 503 g/mol. The van der Waals surface area contributed by atoms with Crippen molar-refractivity contribution in [3.05, 3.63) is 58.4 Å². The van der Waals surface area contributed by atoms with E-state index in [0.717, 1.165) is 35.2 Å². The Morgan fingerprint density at radius 3 is 2.71 bits per heavy atom. The molecule has 184 valence electrons. The van der Waals surface area contributed by atoms with Crippen LogP contribution in [0.15, 0.2) is 47.8 Å². The van der Waals surface area contributed by atoms with Gasteiger partial charge in [-0.1, -0.05) is 19.1 Å². The number of nitrogens with zero attached hydrogens (tertiary/aromatic N) is 2. The summed E-state index contributed by atoms with van der Waals surface area (Å²) in [7, 11) is 0.